The van der Waals surface area contributed by atoms with Gasteiger partial charge in [-0.05, 0) is 26.2 Å². The van der Waals surface area contributed by atoms with E-state index < -0.39 is 0 Å². The largest absolute Gasteiger partial charge is 0.377 e. The molecule has 0 radical (unpaired) electrons. The average molecular weight is 237 g/mol. The van der Waals surface area contributed by atoms with Gasteiger partial charge in [0.15, 0.2) is 0 Å². The van der Waals surface area contributed by atoms with Crippen LogP contribution in [0.5, 0.6) is 0 Å². The second-order valence-electron chi connectivity index (χ2n) is 4.47. The third-order valence-corrected chi connectivity index (χ3v) is 3.12. The summed E-state index contributed by atoms with van der Waals surface area (Å²) in [6.45, 7) is 4.72. The van der Waals surface area contributed by atoms with Crippen LogP contribution in [0.3, 0.4) is 0 Å². The molecular weight excluding hydrogens is 218 g/mol. The molecule has 0 aliphatic carbocycles. The molecule has 2 N–H and O–H groups in total. The zero-order valence-corrected chi connectivity index (χ0v) is 10.3. The smallest absolute Gasteiger partial charge is 0.232 e. The Hall–Kier alpha value is -1.36. The second kappa shape index (κ2) is 5.31. The van der Waals surface area contributed by atoms with Crippen LogP contribution in [-0.2, 0) is 9.53 Å². The van der Waals surface area contributed by atoms with Crippen molar-refractivity contribution >= 4 is 11.9 Å². The minimum absolute atomic E-state index is 0.00546. The highest BCUT2D eigenvalue weighted by atomic mass is 16.5. The highest BCUT2D eigenvalue weighted by molar-refractivity contribution is 5.91. The lowest BCUT2D eigenvalue weighted by atomic mass is 9.92. The molecule has 2 atom stereocenters. The molecule has 0 spiro atoms. The molecule has 2 heterocycles. The molecule has 0 bridgehead atoms. The lowest BCUT2D eigenvalue weighted by molar-refractivity contribution is -0.129. The van der Waals surface area contributed by atoms with Crippen LogP contribution in [0.4, 0.5) is 5.95 Å². The first-order valence-electron chi connectivity index (χ1n) is 6.14. The fourth-order valence-corrected chi connectivity index (χ4v) is 2.23. The van der Waals surface area contributed by atoms with E-state index in [1.807, 2.05) is 13.8 Å². The predicted molar refractivity (Wildman–Crippen MR) is 64.7 cm³/mol. The van der Waals surface area contributed by atoms with Crippen molar-refractivity contribution in [3.05, 3.63) is 11.9 Å². The van der Waals surface area contributed by atoms with E-state index in [0.29, 0.717) is 5.95 Å². The number of carbonyl (C=O) groups excluding carboxylic acids is 1. The van der Waals surface area contributed by atoms with Crippen LogP contribution < -0.4 is 5.32 Å². The molecule has 1 saturated heterocycles. The zero-order chi connectivity index (χ0) is 12.3. The van der Waals surface area contributed by atoms with Crippen molar-refractivity contribution < 1.29 is 9.53 Å². The highest BCUT2D eigenvalue weighted by Gasteiger charge is 2.30. The summed E-state index contributed by atoms with van der Waals surface area (Å²) in [4.78, 5) is 19.2. The van der Waals surface area contributed by atoms with Gasteiger partial charge in [0.05, 0.1) is 12.0 Å². The number of anilines is 1. The second-order valence-corrected chi connectivity index (χ2v) is 4.47. The van der Waals surface area contributed by atoms with Crippen LogP contribution in [0.2, 0.25) is 0 Å². The number of nitrogens with one attached hydrogen (secondary N) is 2. The minimum atomic E-state index is -0.0563. The van der Waals surface area contributed by atoms with Crippen LogP contribution in [0.25, 0.3) is 0 Å². The van der Waals surface area contributed by atoms with E-state index >= 15 is 0 Å². The molecule has 17 heavy (non-hydrogen) atoms. The topological polar surface area (TPSA) is 67.0 Å². The summed E-state index contributed by atoms with van der Waals surface area (Å²) >= 11 is 0. The standard InChI is InChI=1S/C12H19N3O2/c1-3-10-9(5-4-6-17-10)11(16)15-12-13-7-8(2)14-12/h7,9-10H,3-6H2,1-2H3,(H2,13,14,15,16). The van der Waals surface area contributed by atoms with E-state index in [-0.39, 0.29) is 17.9 Å². The first-order valence-corrected chi connectivity index (χ1v) is 6.14. The SMILES string of the molecule is CCC1OCCCC1C(=O)Nc1ncc(C)[nH]1. The molecule has 1 aromatic heterocycles. The number of rotatable bonds is 3. The van der Waals surface area contributed by atoms with Crippen LogP contribution >= 0.6 is 0 Å². The van der Waals surface area contributed by atoms with Crippen LogP contribution in [0.1, 0.15) is 31.9 Å². The van der Waals surface area contributed by atoms with Crippen molar-refractivity contribution in [1.82, 2.24) is 9.97 Å². The minimum Gasteiger partial charge on any atom is -0.377 e. The normalized spacial score (nSPS) is 24.6. The fraction of sp³-hybridized carbons (Fsp3) is 0.667. The molecule has 1 amide bonds. The molecule has 94 valence electrons. The number of imidazole rings is 1. The first-order chi connectivity index (χ1) is 8.20. The molecule has 0 aromatic carbocycles. The number of amides is 1. The summed E-state index contributed by atoms with van der Waals surface area (Å²) in [7, 11) is 0. The van der Waals surface area contributed by atoms with E-state index in [1.165, 1.54) is 0 Å². The van der Waals surface area contributed by atoms with Crippen molar-refractivity contribution in [2.75, 3.05) is 11.9 Å². The van der Waals surface area contributed by atoms with Crippen LogP contribution in [0.15, 0.2) is 6.20 Å². The number of carbonyl (C=O) groups is 1. The Kier molecular flexibility index (Phi) is 3.78. The lowest BCUT2D eigenvalue weighted by Crippen LogP contribution is -2.38. The zero-order valence-electron chi connectivity index (χ0n) is 10.3. The number of ether oxygens (including phenoxy) is 1. The molecule has 2 rings (SSSR count). The van der Waals surface area contributed by atoms with Gasteiger partial charge in [-0.25, -0.2) is 4.98 Å². The van der Waals surface area contributed by atoms with Gasteiger partial charge in [-0.1, -0.05) is 6.92 Å². The maximum Gasteiger partial charge on any atom is 0.232 e. The van der Waals surface area contributed by atoms with Crippen molar-refractivity contribution in [2.45, 2.75) is 39.2 Å². The molecule has 1 aliphatic rings. The number of aromatic amines is 1. The third-order valence-electron chi connectivity index (χ3n) is 3.12. The van der Waals surface area contributed by atoms with Gasteiger partial charge in [0, 0.05) is 18.5 Å². The maximum atomic E-state index is 12.1. The van der Waals surface area contributed by atoms with E-state index in [4.69, 9.17) is 4.74 Å². The van der Waals surface area contributed by atoms with Gasteiger partial charge in [-0.15, -0.1) is 0 Å². The Morgan fingerprint density at radius 2 is 2.53 bits per heavy atom. The summed E-state index contributed by atoms with van der Waals surface area (Å²) in [5.41, 5.74) is 0.937. The Morgan fingerprint density at radius 3 is 3.18 bits per heavy atom. The summed E-state index contributed by atoms with van der Waals surface area (Å²) in [5, 5.41) is 2.81. The van der Waals surface area contributed by atoms with Gasteiger partial charge in [0.2, 0.25) is 11.9 Å². The van der Waals surface area contributed by atoms with Gasteiger partial charge in [-0.3, -0.25) is 10.1 Å². The Morgan fingerprint density at radius 1 is 1.71 bits per heavy atom. The Bertz CT molecular complexity index is 389. The first kappa shape index (κ1) is 12.1. The quantitative estimate of drug-likeness (QED) is 0.843. The van der Waals surface area contributed by atoms with E-state index in [2.05, 4.69) is 15.3 Å². The number of hydrogen-bond acceptors (Lipinski definition) is 3. The number of nitrogens with zero attached hydrogens (tertiary/aromatic N) is 1. The van der Waals surface area contributed by atoms with Gasteiger partial charge in [-0.2, -0.15) is 0 Å². The number of aromatic nitrogens is 2. The third kappa shape index (κ3) is 2.85. The van der Waals surface area contributed by atoms with Crippen molar-refractivity contribution in [3.63, 3.8) is 0 Å². The summed E-state index contributed by atoms with van der Waals surface area (Å²) in [6.07, 6.45) is 4.45. The van der Waals surface area contributed by atoms with Gasteiger partial charge in [0.1, 0.15) is 0 Å². The molecule has 5 nitrogen and oxygen atoms in total. The van der Waals surface area contributed by atoms with Crippen molar-refractivity contribution in [3.8, 4) is 0 Å². The number of H-pyrrole nitrogens is 1. The summed E-state index contributed by atoms with van der Waals surface area (Å²) < 4.78 is 5.61. The number of hydrogen-bond donors (Lipinski definition) is 2. The molecule has 1 aliphatic heterocycles. The molecular formula is C12H19N3O2. The number of aryl methyl sites for hydroxylation is 1. The van der Waals surface area contributed by atoms with Gasteiger partial charge < -0.3 is 9.72 Å². The summed E-state index contributed by atoms with van der Waals surface area (Å²) in [6, 6.07) is 0. The molecule has 5 heteroatoms. The lowest BCUT2D eigenvalue weighted by Gasteiger charge is -2.29. The van der Waals surface area contributed by atoms with Crippen LogP contribution in [0, 0.1) is 12.8 Å². The van der Waals surface area contributed by atoms with E-state index in [1.54, 1.807) is 6.20 Å². The van der Waals surface area contributed by atoms with Gasteiger partial charge >= 0.3 is 0 Å². The molecule has 2 unspecified atom stereocenters. The maximum absolute atomic E-state index is 12.1. The van der Waals surface area contributed by atoms with Crippen LogP contribution in [-0.4, -0.2) is 28.6 Å². The fourth-order valence-electron chi connectivity index (χ4n) is 2.23. The van der Waals surface area contributed by atoms with E-state index in [9.17, 15) is 4.79 Å². The monoisotopic (exact) mass is 237 g/mol. The summed E-state index contributed by atoms with van der Waals surface area (Å²) in [5.74, 6) is 0.470. The van der Waals surface area contributed by atoms with Crippen molar-refractivity contribution in [2.24, 2.45) is 5.92 Å². The average Bonchev–Trinajstić information content (AvgIpc) is 2.74. The highest BCUT2D eigenvalue weighted by Crippen LogP contribution is 2.24. The predicted octanol–water partition coefficient (Wildman–Crippen LogP) is 1.86. The Balaban J connectivity index is 1.98. The van der Waals surface area contributed by atoms with Crippen molar-refractivity contribution in [1.29, 1.82) is 0 Å². The van der Waals surface area contributed by atoms with Gasteiger partial charge in [0.25, 0.3) is 0 Å². The molecule has 1 fully saturated rings. The molecule has 1 aromatic rings. The molecule has 0 saturated carbocycles. The van der Waals surface area contributed by atoms with E-state index in [0.717, 1.165) is 31.6 Å². The Labute approximate surface area is 101 Å².